The first-order valence-corrected chi connectivity index (χ1v) is 7.80. The quantitative estimate of drug-likeness (QED) is 0.747. The van der Waals surface area contributed by atoms with Gasteiger partial charge in [0.15, 0.2) is 0 Å². The van der Waals surface area contributed by atoms with Gasteiger partial charge in [-0.1, -0.05) is 19.4 Å². The van der Waals surface area contributed by atoms with E-state index in [2.05, 4.69) is 34.8 Å². The molecule has 1 aromatic carbocycles. The van der Waals surface area contributed by atoms with E-state index in [1.54, 1.807) is 0 Å². The predicted octanol–water partition coefficient (Wildman–Crippen LogP) is 3.69. The van der Waals surface area contributed by atoms with Crippen LogP contribution in [0.5, 0.6) is 0 Å². The van der Waals surface area contributed by atoms with E-state index in [0.29, 0.717) is 0 Å². The molecule has 0 spiro atoms. The highest BCUT2D eigenvalue weighted by Gasteiger charge is 2.13. The van der Waals surface area contributed by atoms with Crippen molar-refractivity contribution in [3.8, 4) is 0 Å². The van der Waals surface area contributed by atoms with Crippen molar-refractivity contribution in [2.24, 2.45) is 11.7 Å². The van der Waals surface area contributed by atoms with Gasteiger partial charge in [0, 0.05) is 21.2 Å². The number of carbonyl (C=O) groups excluding carboxylic acids is 1. The summed E-state index contributed by atoms with van der Waals surface area (Å²) in [5.74, 6) is 0.113. The fourth-order valence-electron chi connectivity index (χ4n) is 1.81. The highest BCUT2D eigenvalue weighted by molar-refractivity contribution is 14.1. The van der Waals surface area contributed by atoms with Crippen LogP contribution in [0.4, 0.5) is 5.69 Å². The Kier molecular flexibility index (Phi) is 6.79. The number of amides is 1. The minimum absolute atomic E-state index is 0.0257. The summed E-state index contributed by atoms with van der Waals surface area (Å²) >= 11 is 2.28. The molecule has 106 valence electrons. The Hall–Kier alpha value is -0.620. The molecule has 0 radical (unpaired) electrons. The number of nitrogens with one attached hydrogen (secondary N) is 1. The molecule has 0 aromatic heterocycles. The van der Waals surface area contributed by atoms with Crippen LogP contribution in [-0.2, 0) is 4.79 Å². The molecule has 2 atom stereocenters. The summed E-state index contributed by atoms with van der Waals surface area (Å²) in [7, 11) is 0. The lowest BCUT2D eigenvalue weighted by atomic mass is 10.0. The summed E-state index contributed by atoms with van der Waals surface area (Å²) in [6.45, 7) is 6.03. The van der Waals surface area contributed by atoms with Gasteiger partial charge in [-0.25, -0.2) is 0 Å². The van der Waals surface area contributed by atoms with Gasteiger partial charge in [0.25, 0.3) is 0 Å². The van der Waals surface area contributed by atoms with Gasteiger partial charge in [-0.15, -0.1) is 0 Å². The molecule has 1 rings (SSSR count). The van der Waals surface area contributed by atoms with Gasteiger partial charge < -0.3 is 11.1 Å². The monoisotopic (exact) mass is 374 g/mol. The van der Waals surface area contributed by atoms with Crippen molar-refractivity contribution in [3.63, 3.8) is 0 Å². The summed E-state index contributed by atoms with van der Waals surface area (Å²) < 4.78 is 1.17. The van der Waals surface area contributed by atoms with E-state index in [4.69, 9.17) is 5.73 Å². The van der Waals surface area contributed by atoms with Crippen molar-refractivity contribution in [1.29, 1.82) is 0 Å². The molecule has 0 fully saturated rings. The van der Waals surface area contributed by atoms with Crippen LogP contribution in [0.25, 0.3) is 0 Å². The molecule has 0 aliphatic rings. The van der Waals surface area contributed by atoms with E-state index in [1.807, 2.05) is 32.0 Å². The molecule has 0 heterocycles. The first kappa shape index (κ1) is 16.4. The lowest BCUT2D eigenvalue weighted by Crippen LogP contribution is -2.21. The third kappa shape index (κ3) is 5.91. The molecule has 0 saturated heterocycles. The van der Waals surface area contributed by atoms with Crippen LogP contribution in [0.3, 0.4) is 0 Å². The van der Waals surface area contributed by atoms with Crippen molar-refractivity contribution in [1.82, 2.24) is 0 Å². The van der Waals surface area contributed by atoms with Crippen LogP contribution in [0.1, 0.15) is 38.7 Å². The molecule has 3 N–H and O–H groups in total. The zero-order valence-corrected chi connectivity index (χ0v) is 14.0. The van der Waals surface area contributed by atoms with Crippen LogP contribution in [-0.4, -0.2) is 11.9 Å². The Morgan fingerprint density at radius 2 is 2.05 bits per heavy atom. The molecule has 4 heteroatoms. The highest BCUT2D eigenvalue weighted by Crippen LogP contribution is 2.18. The van der Waals surface area contributed by atoms with Gasteiger partial charge >= 0.3 is 0 Å². The maximum Gasteiger partial charge on any atom is 0.227 e. The van der Waals surface area contributed by atoms with E-state index >= 15 is 0 Å². The number of hydrogen-bond acceptors (Lipinski definition) is 2. The number of rotatable bonds is 6. The zero-order chi connectivity index (χ0) is 14.4. The van der Waals surface area contributed by atoms with Crippen LogP contribution in [0, 0.1) is 16.4 Å². The maximum absolute atomic E-state index is 12.0. The molecule has 3 nitrogen and oxygen atoms in total. The van der Waals surface area contributed by atoms with Crippen LogP contribution in [0.2, 0.25) is 0 Å². The maximum atomic E-state index is 12.0. The van der Waals surface area contributed by atoms with E-state index in [-0.39, 0.29) is 17.9 Å². The lowest BCUT2D eigenvalue weighted by molar-refractivity contribution is -0.119. The first-order valence-electron chi connectivity index (χ1n) is 6.72. The molecule has 0 aliphatic heterocycles. The normalized spacial score (nSPS) is 13.9. The molecule has 2 unspecified atom stereocenters. The van der Waals surface area contributed by atoms with E-state index in [0.717, 1.165) is 24.9 Å². The van der Waals surface area contributed by atoms with Gasteiger partial charge in [0.2, 0.25) is 5.91 Å². The molecule has 1 aromatic rings. The first-order chi connectivity index (χ1) is 8.90. The zero-order valence-electron chi connectivity index (χ0n) is 11.9. The van der Waals surface area contributed by atoms with Crippen molar-refractivity contribution < 1.29 is 4.79 Å². The number of benzene rings is 1. The van der Waals surface area contributed by atoms with Crippen molar-refractivity contribution in [3.05, 3.63) is 27.3 Å². The Morgan fingerprint density at radius 3 is 2.63 bits per heavy atom. The minimum atomic E-state index is 0.0257. The summed E-state index contributed by atoms with van der Waals surface area (Å²) in [5.41, 5.74) is 7.81. The number of nitrogens with two attached hydrogens (primary N) is 1. The van der Waals surface area contributed by atoms with Crippen molar-refractivity contribution in [2.75, 3.05) is 5.32 Å². The average molecular weight is 374 g/mol. The molecule has 0 saturated carbocycles. The molecular weight excluding hydrogens is 351 g/mol. The summed E-state index contributed by atoms with van der Waals surface area (Å²) in [6.07, 6.45) is 2.86. The average Bonchev–Trinajstić information content (AvgIpc) is 2.33. The predicted molar refractivity (Wildman–Crippen MR) is 89.2 cm³/mol. The standard InChI is InChI=1S/C15H23IN2O/c1-10-7-8-13(9-14(10)16)18-15(19)11(2)5-4-6-12(3)17/h7-9,11-12H,4-6,17H2,1-3H3,(H,18,19). The molecule has 0 aliphatic carbocycles. The van der Waals surface area contributed by atoms with Gasteiger partial charge in [-0.2, -0.15) is 0 Å². The lowest BCUT2D eigenvalue weighted by Gasteiger charge is -2.13. The smallest absolute Gasteiger partial charge is 0.227 e. The Morgan fingerprint density at radius 1 is 1.37 bits per heavy atom. The fraction of sp³-hybridized carbons (Fsp3) is 0.533. The second-order valence-electron chi connectivity index (χ2n) is 5.26. The van der Waals surface area contributed by atoms with Crippen LogP contribution < -0.4 is 11.1 Å². The molecule has 19 heavy (non-hydrogen) atoms. The number of carbonyl (C=O) groups is 1. The third-order valence-electron chi connectivity index (χ3n) is 3.18. The summed E-state index contributed by atoms with van der Waals surface area (Å²) in [4.78, 5) is 12.0. The van der Waals surface area contributed by atoms with E-state index in [9.17, 15) is 4.79 Å². The van der Waals surface area contributed by atoms with E-state index < -0.39 is 0 Å². The number of hydrogen-bond donors (Lipinski definition) is 2. The number of anilines is 1. The minimum Gasteiger partial charge on any atom is -0.328 e. The SMILES string of the molecule is Cc1ccc(NC(=O)C(C)CCCC(C)N)cc1I. The van der Waals surface area contributed by atoms with Gasteiger partial charge in [-0.3, -0.25) is 4.79 Å². The van der Waals surface area contributed by atoms with Crippen molar-refractivity contribution >= 4 is 34.2 Å². The Bertz CT molecular complexity index is 432. The third-order valence-corrected chi connectivity index (χ3v) is 4.35. The second kappa shape index (κ2) is 7.85. The molecular formula is C15H23IN2O. The van der Waals surface area contributed by atoms with Crippen LogP contribution >= 0.6 is 22.6 Å². The number of halogens is 1. The van der Waals surface area contributed by atoms with Crippen molar-refractivity contribution in [2.45, 2.75) is 46.1 Å². The van der Waals surface area contributed by atoms with Gasteiger partial charge in [0.05, 0.1) is 0 Å². The van der Waals surface area contributed by atoms with Gasteiger partial charge in [-0.05, 0) is 67.0 Å². The van der Waals surface area contributed by atoms with Crippen LogP contribution in [0.15, 0.2) is 18.2 Å². The molecule has 1 amide bonds. The summed E-state index contributed by atoms with van der Waals surface area (Å²) in [6, 6.07) is 6.19. The number of aryl methyl sites for hydroxylation is 1. The topological polar surface area (TPSA) is 55.1 Å². The Balaban J connectivity index is 2.47. The van der Waals surface area contributed by atoms with Gasteiger partial charge in [0.1, 0.15) is 0 Å². The Labute approximate surface area is 129 Å². The highest BCUT2D eigenvalue weighted by atomic mass is 127. The summed E-state index contributed by atoms with van der Waals surface area (Å²) in [5, 5.41) is 2.97. The van der Waals surface area contributed by atoms with E-state index in [1.165, 1.54) is 9.13 Å². The fourth-order valence-corrected chi connectivity index (χ4v) is 2.33. The molecule has 0 bridgehead atoms. The second-order valence-corrected chi connectivity index (χ2v) is 6.42. The largest absolute Gasteiger partial charge is 0.328 e.